The molecule has 0 saturated heterocycles. The highest BCUT2D eigenvalue weighted by molar-refractivity contribution is 5.74. The van der Waals surface area contributed by atoms with Crippen molar-refractivity contribution in [1.29, 1.82) is 0 Å². The molecule has 2 heterocycles. The third-order valence-corrected chi connectivity index (χ3v) is 4.11. The quantitative estimate of drug-likeness (QED) is 0.695. The lowest BCUT2D eigenvalue weighted by molar-refractivity contribution is -0.141. The van der Waals surface area contributed by atoms with E-state index >= 15 is 0 Å². The Hall–Kier alpha value is -2.84. The first-order valence-corrected chi connectivity index (χ1v) is 8.50. The van der Waals surface area contributed by atoms with Crippen LogP contribution in [0.1, 0.15) is 31.4 Å². The molecule has 144 valence electrons. The van der Waals surface area contributed by atoms with E-state index in [0.717, 1.165) is 17.1 Å². The summed E-state index contributed by atoms with van der Waals surface area (Å²) in [4.78, 5) is 17.2. The minimum absolute atomic E-state index is 0.0338. The van der Waals surface area contributed by atoms with Crippen LogP contribution < -0.4 is 10.2 Å². The number of rotatable bonds is 5. The van der Waals surface area contributed by atoms with E-state index in [-0.39, 0.29) is 23.7 Å². The molecule has 0 aliphatic rings. The Morgan fingerprint density at radius 2 is 1.78 bits per heavy atom. The number of nitrogens with zero attached hydrogens (tertiary/aromatic N) is 4. The van der Waals surface area contributed by atoms with Crippen molar-refractivity contribution in [3.8, 4) is 0 Å². The molecule has 6 nitrogen and oxygen atoms in total. The Kier molecular flexibility index (Phi) is 4.95. The lowest BCUT2D eigenvalue weighted by Crippen LogP contribution is -2.22. The Morgan fingerprint density at radius 1 is 1.07 bits per heavy atom. The summed E-state index contributed by atoms with van der Waals surface area (Å²) in [5.41, 5.74) is 0.661. The number of halogens is 3. The number of imidazole rings is 1. The molecule has 0 amide bonds. The summed E-state index contributed by atoms with van der Waals surface area (Å²) >= 11 is 0. The fourth-order valence-electron chi connectivity index (χ4n) is 2.68. The average Bonchev–Trinajstić information content (AvgIpc) is 3.02. The second kappa shape index (κ2) is 7.05. The Bertz CT molecular complexity index is 899. The third-order valence-electron chi connectivity index (χ3n) is 4.11. The number of fused-ring (bicyclic) bond motifs is 1. The average molecular weight is 378 g/mol. The molecule has 1 aromatic carbocycles. The standard InChI is InChI=1S/C18H21F3N6/c1-10(2)15(16-22-11-7-5-6-8-12(11)23-16)26-17-24-13(18(19,20)21)9-14(25-17)27(3)4/h5-10,15H,1-4H3,(H,22,23)(H,24,25,26)/t15-/m1/s1. The smallest absolute Gasteiger partial charge is 0.363 e. The van der Waals surface area contributed by atoms with Crippen molar-refractivity contribution in [2.24, 2.45) is 5.92 Å². The number of nitrogens with one attached hydrogen (secondary N) is 2. The molecule has 0 bridgehead atoms. The van der Waals surface area contributed by atoms with E-state index in [2.05, 4.69) is 25.3 Å². The highest BCUT2D eigenvalue weighted by Gasteiger charge is 2.34. The van der Waals surface area contributed by atoms with Crippen LogP contribution in [-0.2, 0) is 6.18 Å². The first kappa shape index (κ1) is 18.9. The summed E-state index contributed by atoms with van der Waals surface area (Å²) in [7, 11) is 3.26. The molecule has 2 aromatic heterocycles. The number of aromatic nitrogens is 4. The summed E-state index contributed by atoms with van der Waals surface area (Å²) in [6.07, 6.45) is -4.56. The van der Waals surface area contributed by atoms with E-state index in [0.29, 0.717) is 5.82 Å². The SMILES string of the molecule is CC(C)[C@@H](Nc1nc(N(C)C)cc(C(F)(F)F)n1)c1nc2ccccc2[nH]1. The lowest BCUT2D eigenvalue weighted by Gasteiger charge is -2.22. The Balaban J connectivity index is 2.00. The van der Waals surface area contributed by atoms with Crippen molar-refractivity contribution in [2.75, 3.05) is 24.3 Å². The summed E-state index contributed by atoms with van der Waals surface area (Å²) in [6.45, 7) is 3.90. The lowest BCUT2D eigenvalue weighted by atomic mass is 10.0. The molecular weight excluding hydrogens is 357 g/mol. The van der Waals surface area contributed by atoms with Crippen LogP contribution in [0.3, 0.4) is 0 Å². The fourth-order valence-corrected chi connectivity index (χ4v) is 2.68. The predicted octanol–water partition coefficient (Wildman–Crippen LogP) is 4.25. The Labute approximate surface area is 154 Å². The number of anilines is 2. The largest absolute Gasteiger partial charge is 0.433 e. The van der Waals surface area contributed by atoms with Crippen molar-refractivity contribution in [3.63, 3.8) is 0 Å². The van der Waals surface area contributed by atoms with Crippen LogP contribution in [0.25, 0.3) is 11.0 Å². The van der Waals surface area contributed by atoms with Gasteiger partial charge in [-0.3, -0.25) is 0 Å². The number of para-hydroxylation sites is 2. The molecular formula is C18H21F3N6. The second-order valence-electron chi connectivity index (χ2n) is 6.83. The van der Waals surface area contributed by atoms with E-state index in [4.69, 9.17) is 0 Å². The monoisotopic (exact) mass is 378 g/mol. The van der Waals surface area contributed by atoms with Gasteiger partial charge >= 0.3 is 6.18 Å². The van der Waals surface area contributed by atoms with Gasteiger partial charge in [0.15, 0.2) is 5.69 Å². The van der Waals surface area contributed by atoms with Crippen molar-refractivity contribution in [3.05, 3.63) is 41.9 Å². The topological polar surface area (TPSA) is 69.7 Å². The number of aromatic amines is 1. The van der Waals surface area contributed by atoms with Crippen LogP contribution >= 0.6 is 0 Å². The summed E-state index contributed by atoms with van der Waals surface area (Å²) in [5, 5.41) is 3.02. The van der Waals surface area contributed by atoms with E-state index < -0.39 is 11.9 Å². The zero-order chi connectivity index (χ0) is 19.8. The van der Waals surface area contributed by atoms with Crippen molar-refractivity contribution >= 4 is 22.8 Å². The number of H-pyrrole nitrogens is 1. The van der Waals surface area contributed by atoms with Gasteiger partial charge in [-0.15, -0.1) is 0 Å². The molecule has 0 aliphatic heterocycles. The van der Waals surface area contributed by atoms with Gasteiger partial charge in [0.2, 0.25) is 5.95 Å². The van der Waals surface area contributed by atoms with Crippen LogP contribution in [0.4, 0.5) is 24.9 Å². The fraction of sp³-hybridized carbons (Fsp3) is 0.389. The molecule has 0 aliphatic carbocycles. The molecule has 0 unspecified atom stereocenters. The molecule has 0 saturated carbocycles. The molecule has 0 spiro atoms. The van der Waals surface area contributed by atoms with Crippen LogP contribution in [0, 0.1) is 5.92 Å². The summed E-state index contributed by atoms with van der Waals surface area (Å²) in [6, 6.07) is 8.09. The Morgan fingerprint density at radius 3 is 2.37 bits per heavy atom. The zero-order valence-electron chi connectivity index (χ0n) is 15.5. The summed E-state index contributed by atoms with van der Waals surface area (Å²) in [5.74, 6) is 0.741. The maximum absolute atomic E-state index is 13.2. The van der Waals surface area contributed by atoms with Crippen LogP contribution in [0.15, 0.2) is 30.3 Å². The van der Waals surface area contributed by atoms with E-state index in [9.17, 15) is 13.2 Å². The van der Waals surface area contributed by atoms with Crippen LogP contribution in [-0.4, -0.2) is 34.0 Å². The number of hydrogen-bond donors (Lipinski definition) is 2. The minimum Gasteiger partial charge on any atom is -0.363 e. The van der Waals surface area contributed by atoms with Gasteiger partial charge in [-0.2, -0.15) is 18.2 Å². The molecule has 3 aromatic rings. The first-order chi connectivity index (χ1) is 12.6. The van der Waals surface area contributed by atoms with E-state index in [1.165, 1.54) is 4.90 Å². The van der Waals surface area contributed by atoms with Gasteiger partial charge in [-0.1, -0.05) is 26.0 Å². The van der Waals surface area contributed by atoms with Crippen molar-refractivity contribution < 1.29 is 13.2 Å². The number of benzene rings is 1. The van der Waals surface area contributed by atoms with Gasteiger partial charge in [0, 0.05) is 20.2 Å². The van der Waals surface area contributed by atoms with Crippen molar-refractivity contribution in [1.82, 2.24) is 19.9 Å². The van der Waals surface area contributed by atoms with Crippen LogP contribution in [0.5, 0.6) is 0 Å². The molecule has 27 heavy (non-hydrogen) atoms. The molecule has 0 radical (unpaired) electrons. The van der Waals surface area contributed by atoms with Gasteiger partial charge < -0.3 is 15.2 Å². The zero-order valence-corrected chi connectivity index (χ0v) is 15.5. The third kappa shape index (κ3) is 4.12. The van der Waals surface area contributed by atoms with Gasteiger partial charge in [0.1, 0.15) is 11.6 Å². The van der Waals surface area contributed by atoms with E-state index in [1.807, 2.05) is 38.1 Å². The summed E-state index contributed by atoms with van der Waals surface area (Å²) < 4.78 is 39.6. The van der Waals surface area contributed by atoms with Gasteiger partial charge in [-0.25, -0.2) is 9.97 Å². The maximum atomic E-state index is 13.2. The van der Waals surface area contributed by atoms with Gasteiger partial charge in [0.25, 0.3) is 0 Å². The second-order valence-corrected chi connectivity index (χ2v) is 6.83. The highest BCUT2D eigenvalue weighted by Crippen LogP contribution is 2.32. The van der Waals surface area contributed by atoms with E-state index in [1.54, 1.807) is 14.1 Å². The minimum atomic E-state index is -4.56. The predicted molar refractivity (Wildman–Crippen MR) is 98.7 cm³/mol. The molecule has 2 N–H and O–H groups in total. The molecule has 9 heteroatoms. The molecule has 0 fully saturated rings. The van der Waals surface area contributed by atoms with Crippen molar-refractivity contribution in [2.45, 2.75) is 26.1 Å². The van der Waals surface area contributed by atoms with Gasteiger partial charge in [-0.05, 0) is 18.1 Å². The highest BCUT2D eigenvalue weighted by atomic mass is 19.4. The number of alkyl halides is 3. The first-order valence-electron chi connectivity index (χ1n) is 8.50. The number of hydrogen-bond acceptors (Lipinski definition) is 5. The van der Waals surface area contributed by atoms with Crippen LogP contribution in [0.2, 0.25) is 0 Å². The normalized spacial score (nSPS) is 13.2. The van der Waals surface area contributed by atoms with Gasteiger partial charge in [0.05, 0.1) is 17.1 Å². The maximum Gasteiger partial charge on any atom is 0.433 e. The molecule has 1 atom stereocenters. The molecule has 3 rings (SSSR count).